The van der Waals surface area contributed by atoms with E-state index in [1.807, 2.05) is 0 Å². The normalized spacial score (nSPS) is 17.6. The highest BCUT2D eigenvalue weighted by atomic mass is 32.2. The summed E-state index contributed by atoms with van der Waals surface area (Å²) in [7, 11) is -3.77. The van der Waals surface area contributed by atoms with Crippen molar-refractivity contribution < 1.29 is 26.4 Å². The zero-order chi connectivity index (χ0) is 21.9. The Hall–Kier alpha value is -2.54. The molecule has 30 heavy (non-hydrogen) atoms. The van der Waals surface area contributed by atoms with Crippen molar-refractivity contribution in [1.29, 1.82) is 0 Å². The number of halogens is 3. The van der Waals surface area contributed by atoms with Crippen LogP contribution in [0.4, 0.5) is 19.1 Å². The Kier molecular flexibility index (Phi) is 6.41. The fourth-order valence-electron chi connectivity index (χ4n) is 3.02. The molecule has 0 aliphatic carbocycles. The lowest BCUT2D eigenvalue weighted by Gasteiger charge is -2.31. The van der Waals surface area contributed by atoms with E-state index in [0.29, 0.717) is 25.2 Å². The number of aromatic nitrogens is 4. The summed E-state index contributed by atoms with van der Waals surface area (Å²) in [6.07, 6.45) is 0.0695. The highest BCUT2D eigenvalue weighted by molar-refractivity contribution is 7.89. The summed E-state index contributed by atoms with van der Waals surface area (Å²) in [5.41, 5.74) is -0.934. The molecule has 13 heteroatoms. The lowest BCUT2D eigenvalue weighted by atomic mass is 10.1. The van der Waals surface area contributed by atoms with Crippen LogP contribution in [0.5, 0.6) is 0 Å². The van der Waals surface area contributed by atoms with Crippen molar-refractivity contribution in [1.82, 2.24) is 24.1 Å². The van der Waals surface area contributed by atoms with Gasteiger partial charge in [0.15, 0.2) is 5.03 Å². The van der Waals surface area contributed by atoms with E-state index in [1.165, 1.54) is 21.3 Å². The topological polar surface area (TPSA) is 110 Å². The average Bonchev–Trinajstić information content (AvgIpc) is 3.17. The maximum Gasteiger partial charge on any atom is 0.419 e. The van der Waals surface area contributed by atoms with Crippen LogP contribution in [-0.4, -0.2) is 57.9 Å². The molecule has 1 aliphatic heterocycles. The van der Waals surface area contributed by atoms with Crippen molar-refractivity contribution in [3.63, 3.8) is 0 Å². The fourth-order valence-corrected chi connectivity index (χ4v) is 4.42. The minimum atomic E-state index is -4.50. The van der Waals surface area contributed by atoms with Gasteiger partial charge in [0, 0.05) is 43.6 Å². The summed E-state index contributed by atoms with van der Waals surface area (Å²) < 4.78 is 66.0. The molecule has 0 amide bonds. The average molecular weight is 446 g/mol. The lowest BCUT2D eigenvalue weighted by Crippen LogP contribution is -2.42. The van der Waals surface area contributed by atoms with Gasteiger partial charge in [-0.05, 0) is 18.9 Å². The van der Waals surface area contributed by atoms with Crippen LogP contribution in [0.1, 0.15) is 25.3 Å². The monoisotopic (exact) mass is 446 g/mol. The van der Waals surface area contributed by atoms with Crippen molar-refractivity contribution in [2.45, 2.75) is 43.6 Å². The molecule has 2 aromatic heterocycles. The van der Waals surface area contributed by atoms with Crippen molar-refractivity contribution in [2.24, 2.45) is 5.92 Å². The van der Waals surface area contributed by atoms with E-state index in [0.717, 1.165) is 6.29 Å². The Morgan fingerprint density at radius 2 is 1.90 bits per heavy atom. The Labute approximate surface area is 171 Å². The van der Waals surface area contributed by atoms with Crippen LogP contribution in [0.3, 0.4) is 0 Å². The quantitative estimate of drug-likeness (QED) is 0.646. The smallest absolute Gasteiger partial charge is 0.351 e. The lowest BCUT2D eigenvalue weighted by molar-refractivity contribution is -0.138. The van der Waals surface area contributed by atoms with E-state index in [-0.39, 0.29) is 42.6 Å². The number of aldehydes is 1. The van der Waals surface area contributed by atoms with Crippen LogP contribution in [-0.2, 0) is 27.5 Å². The largest absolute Gasteiger partial charge is 0.419 e. The zero-order valence-corrected chi connectivity index (χ0v) is 16.9. The van der Waals surface area contributed by atoms with Gasteiger partial charge in [0.05, 0.1) is 12.1 Å². The number of sulfonamides is 1. The molecular formula is C17H21F3N6O3S. The molecule has 1 aliphatic rings. The first kappa shape index (κ1) is 22.2. The van der Waals surface area contributed by atoms with Gasteiger partial charge in [0.1, 0.15) is 6.29 Å². The second-order valence-corrected chi connectivity index (χ2v) is 8.99. The maximum atomic E-state index is 12.8. The van der Waals surface area contributed by atoms with Gasteiger partial charge in [-0.1, -0.05) is 6.92 Å². The molecule has 1 unspecified atom stereocenters. The number of hydrogen-bond donors (Lipinski definition) is 1. The Bertz CT molecular complexity index is 969. The molecule has 3 rings (SSSR count). The number of piperidine rings is 1. The van der Waals surface area contributed by atoms with Crippen LogP contribution in [0.2, 0.25) is 0 Å². The summed E-state index contributed by atoms with van der Waals surface area (Å²) in [6.45, 7) is 2.44. The number of alkyl halides is 3. The molecule has 0 spiro atoms. The number of anilines is 1. The van der Waals surface area contributed by atoms with Gasteiger partial charge >= 0.3 is 6.18 Å². The van der Waals surface area contributed by atoms with Crippen LogP contribution in [0.15, 0.2) is 29.7 Å². The summed E-state index contributed by atoms with van der Waals surface area (Å²) >= 11 is 0. The standard InChI is InChI=1S/C17H21F3N6O3S/c1-12(11-27)10-25-5-4-15(24-25)30(28,29)26-6-2-14(3-7-26)23-16-21-8-13(9-22-16)17(18,19)20/h4-5,8-9,11-12,14H,2-3,6-7,10H2,1H3,(H,21,22,23). The molecule has 1 saturated heterocycles. The first-order chi connectivity index (χ1) is 14.1. The fraction of sp³-hybridized carbons (Fsp3) is 0.529. The number of carbonyl (C=O) groups is 1. The Morgan fingerprint density at radius 3 is 2.47 bits per heavy atom. The van der Waals surface area contributed by atoms with Crippen LogP contribution < -0.4 is 5.32 Å². The minimum absolute atomic E-state index is 0.0624. The predicted molar refractivity (Wildman–Crippen MR) is 99.9 cm³/mol. The van der Waals surface area contributed by atoms with Gasteiger partial charge in [-0.15, -0.1) is 0 Å². The minimum Gasteiger partial charge on any atom is -0.351 e. The Balaban J connectivity index is 1.57. The van der Waals surface area contributed by atoms with Crippen LogP contribution >= 0.6 is 0 Å². The second-order valence-electron chi connectivity index (χ2n) is 7.11. The molecule has 1 N–H and O–H groups in total. The van der Waals surface area contributed by atoms with E-state index in [4.69, 9.17) is 0 Å². The summed E-state index contributed by atoms with van der Waals surface area (Å²) in [6, 6.07) is 1.23. The molecular weight excluding hydrogens is 425 g/mol. The molecule has 164 valence electrons. The molecule has 1 atom stereocenters. The first-order valence-corrected chi connectivity index (χ1v) is 10.7. The van der Waals surface area contributed by atoms with E-state index in [1.54, 1.807) is 6.92 Å². The summed E-state index contributed by atoms with van der Waals surface area (Å²) in [5, 5.41) is 6.91. The van der Waals surface area contributed by atoms with Gasteiger partial charge in [-0.25, -0.2) is 18.4 Å². The van der Waals surface area contributed by atoms with E-state index < -0.39 is 21.8 Å². The third kappa shape index (κ3) is 5.14. The van der Waals surface area contributed by atoms with Crippen molar-refractivity contribution >= 4 is 22.3 Å². The Morgan fingerprint density at radius 1 is 1.27 bits per heavy atom. The third-order valence-electron chi connectivity index (χ3n) is 4.69. The number of carbonyl (C=O) groups excluding carboxylic acids is 1. The van der Waals surface area contributed by atoms with E-state index in [9.17, 15) is 26.4 Å². The van der Waals surface area contributed by atoms with E-state index in [2.05, 4.69) is 20.4 Å². The summed E-state index contributed by atoms with van der Waals surface area (Å²) in [5.74, 6) is -0.220. The highest BCUT2D eigenvalue weighted by Crippen LogP contribution is 2.28. The molecule has 1 fully saturated rings. The highest BCUT2D eigenvalue weighted by Gasteiger charge is 2.33. The molecule has 2 aromatic rings. The van der Waals surface area contributed by atoms with Crippen LogP contribution in [0, 0.1) is 5.92 Å². The molecule has 9 nitrogen and oxygen atoms in total. The molecule has 0 aromatic carbocycles. The maximum absolute atomic E-state index is 12.8. The predicted octanol–water partition coefficient (Wildman–Crippen LogP) is 1.79. The summed E-state index contributed by atoms with van der Waals surface area (Å²) in [4.78, 5) is 18.1. The van der Waals surface area contributed by atoms with Gasteiger partial charge in [-0.3, -0.25) is 4.68 Å². The number of rotatable bonds is 7. The molecule has 3 heterocycles. The molecule has 0 radical (unpaired) electrons. The van der Waals surface area contributed by atoms with Gasteiger partial charge in [0.2, 0.25) is 5.95 Å². The second kappa shape index (κ2) is 8.68. The van der Waals surface area contributed by atoms with Crippen molar-refractivity contribution in [2.75, 3.05) is 18.4 Å². The number of nitrogens with zero attached hydrogens (tertiary/aromatic N) is 5. The SMILES string of the molecule is CC(C=O)Cn1ccc(S(=O)(=O)N2CCC(Nc3ncc(C(F)(F)F)cn3)CC2)n1. The first-order valence-electron chi connectivity index (χ1n) is 9.24. The zero-order valence-electron chi connectivity index (χ0n) is 16.1. The van der Waals surface area contributed by atoms with Crippen LogP contribution in [0.25, 0.3) is 0 Å². The number of nitrogens with one attached hydrogen (secondary N) is 1. The number of hydrogen-bond acceptors (Lipinski definition) is 7. The molecule has 0 bridgehead atoms. The van der Waals surface area contributed by atoms with Gasteiger partial charge in [0.25, 0.3) is 10.0 Å². The van der Waals surface area contributed by atoms with E-state index >= 15 is 0 Å². The third-order valence-corrected chi connectivity index (χ3v) is 6.49. The van der Waals surface area contributed by atoms with Crippen molar-refractivity contribution in [3.8, 4) is 0 Å². The molecule has 0 saturated carbocycles. The van der Waals surface area contributed by atoms with Gasteiger partial charge < -0.3 is 10.1 Å². The van der Waals surface area contributed by atoms with Gasteiger partial charge in [-0.2, -0.15) is 22.6 Å². The van der Waals surface area contributed by atoms with Crippen molar-refractivity contribution in [3.05, 3.63) is 30.2 Å².